The average molecular weight is 214 g/mol. The number of thiol groups is 1. The van der Waals surface area contributed by atoms with Crippen molar-refractivity contribution in [2.45, 2.75) is 4.90 Å². The Balaban J connectivity index is 3.39. The average Bonchev–Trinajstić information content (AvgIpc) is 2.16. The minimum Gasteiger partial charge on any atom is -0.493 e. The smallest absolute Gasteiger partial charge is 0.339 e. The van der Waals surface area contributed by atoms with E-state index in [2.05, 4.69) is 12.6 Å². The molecule has 0 saturated carbocycles. The van der Waals surface area contributed by atoms with E-state index in [0.29, 0.717) is 10.6 Å². The van der Waals surface area contributed by atoms with Crippen LogP contribution in [0.1, 0.15) is 10.4 Å². The lowest BCUT2D eigenvalue weighted by Crippen LogP contribution is -2.02. The van der Waals surface area contributed by atoms with E-state index < -0.39 is 5.97 Å². The summed E-state index contributed by atoms with van der Waals surface area (Å²) in [5.41, 5.74) is 0.0388. The molecule has 0 aliphatic rings. The van der Waals surface area contributed by atoms with Crippen LogP contribution in [0, 0.1) is 0 Å². The van der Waals surface area contributed by atoms with Gasteiger partial charge in [-0.15, -0.1) is 12.6 Å². The molecule has 4 nitrogen and oxygen atoms in total. The van der Waals surface area contributed by atoms with E-state index >= 15 is 0 Å². The molecule has 0 amide bonds. The molecule has 14 heavy (non-hydrogen) atoms. The van der Waals surface area contributed by atoms with E-state index in [1.165, 1.54) is 20.3 Å². The number of carboxylic acid groups (broad SMARTS) is 1. The van der Waals surface area contributed by atoms with Crippen LogP contribution in [0.2, 0.25) is 0 Å². The van der Waals surface area contributed by atoms with Crippen LogP contribution in [0.25, 0.3) is 0 Å². The van der Waals surface area contributed by atoms with E-state index in [9.17, 15) is 4.79 Å². The normalized spacial score (nSPS) is 9.64. The second kappa shape index (κ2) is 4.23. The zero-order valence-corrected chi connectivity index (χ0v) is 8.67. The number of benzene rings is 1. The number of hydrogen-bond donors (Lipinski definition) is 2. The summed E-state index contributed by atoms with van der Waals surface area (Å²) in [6, 6.07) is 3.00. The van der Waals surface area contributed by atoms with Gasteiger partial charge in [-0.3, -0.25) is 0 Å². The molecule has 0 saturated heterocycles. The largest absolute Gasteiger partial charge is 0.493 e. The van der Waals surface area contributed by atoms with Crippen LogP contribution in [0.4, 0.5) is 0 Å². The number of aromatic carboxylic acids is 1. The Bertz CT molecular complexity index is 362. The van der Waals surface area contributed by atoms with E-state index in [4.69, 9.17) is 14.6 Å². The van der Waals surface area contributed by atoms with Gasteiger partial charge in [0.15, 0.2) is 11.5 Å². The topological polar surface area (TPSA) is 55.8 Å². The van der Waals surface area contributed by atoms with Crippen molar-refractivity contribution in [1.82, 2.24) is 0 Å². The summed E-state index contributed by atoms with van der Waals surface area (Å²) in [6.45, 7) is 0. The van der Waals surface area contributed by atoms with Crippen LogP contribution < -0.4 is 9.47 Å². The Kier molecular flexibility index (Phi) is 3.24. The van der Waals surface area contributed by atoms with Crippen LogP contribution in [-0.4, -0.2) is 25.3 Å². The summed E-state index contributed by atoms with van der Waals surface area (Å²) in [6.07, 6.45) is 0. The fraction of sp³-hybridized carbons (Fsp3) is 0.222. The number of rotatable bonds is 3. The number of hydrogen-bond acceptors (Lipinski definition) is 4. The standard InChI is InChI=1S/C9H10O4S/c1-12-7-4-5(14)3-6(9(10)11)8(7)13-2/h3-4,14H,1-2H3,(H,10,11). The summed E-state index contributed by atoms with van der Waals surface area (Å²) < 4.78 is 9.91. The molecule has 0 fully saturated rings. The quantitative estimate of drug-likeness (QED) is 0.752. The maximum absolute atomic E-state index is 10.8. The number of carboxylic acids is 1. The van der Waals surface area contributed by atoms with Crippen LogP contribution in [0.5, 0.6) is 11.5 Å². The molecule has 1 rings (SSSR count). The number of methoxy groups -OCH3 is 2. The first-order chi connectivity index (χ1) is 6.60. The molecule has 0 bridgehead atoms. The summed E-state index contributed by atoms with van der Waals surface area (Å²) in [7, 11) is 2.83. The molecular weight excluding hydrogens is 204 g/mol. The minimum absolute atomic E-state index is 0.0388. The van der Waals surface area contributed by atoms with Crippen molar-refractivity contribution >= 4 is 18.6 Å². The lowest BCUT2D eigenvalue weighted by atomic mass is 10.2. The highest BCUT2D eigenvalue weighted by molar-refractivity contribution is 7.80. The minimum atomic E-state index is -1.07. The molecule has 0 atom stereocenters. The molecule has 0 aliphatic heterocycles. The zero-order chi connectivity index (χ0) is 10.7. The monoisotopic (exact) mass is 214 g/mol. The molecular formula is C9H10O4S. The molecule has 5 heteroatoms. The summed E-state index contributed by atoms with van der Waals surface area (Å²) in [5.74, 6) is -0.508. The molecule has 0 radical (unpaired) electrons. The Labute approximate surface area is 86.9 Å². The van der Waals surface area contributed by atoms with Crippen molar-refractivity contribution in [3.63, 3.8) is 0 Å². The van der Waals surface area contributed by atoms with Crippen molar-refractivity contribution in [2.24, 2.45) is 0 Å². The molecule has 0 aromatic heterocycles. The molecule has 0 spiro atoms. The van der Waals surface area contributed by atoms with E-state index in [0.717, 1.165) is 0 Å². The Morgan fingerprint density at radius 3 is 2.43 bits per heavy atom. The molecule has 76 valence electrons. The van der Waals surface area contributed by atoms with Crippen LogP contribution >= 0.6 is 12.6 Å². The van der Waals surface area contributed by atoms with Gasteiger partial charge in [-0.05, 0) is 12.1 Å². The van der Waals surface area contributed by atoms with Gasteiger partial charge in [0.25, 0.3) is 0 Å². The SMILES string of the molecule is COc1cc(S)cc(C(=O)O)c1OC. The number of ether oxygens (including phenoxy) is 2. The van der Waals surface area contributed by atoms with Gasteiger partial charge in [-0.2, -0.15) is 0 Å². The van der Waals surface area contributed by atoms with Gasteiger partial charge in [0.05, 0.1) is 14.2 Å². The van der Waals surface area contributed by atoms with Crippen LogP contribution in [0.15, 0.2) is 17.0 Å². The first-order valence-corrected chi connectivity index (χ1v) is 4.23. The fourth-order valence-corrected chi connectivity index (χ4v) is 1.36. The van der Waals surface area contributed by atoms with Gasteiger partial charge >= 0.3 is 5.97 Å². The zero-order valence-electron chi connectivity index (χ0n) is 7.77. The second-order valence-electron chi connectivity index (χ2n) is 2.53. The predicted octanol–water partition coefficient (Wildman–Crippen LogP) is 1.69. The van der Waals surface area contributed by atoms with Gasteiger partial charge in [0.1, 0.15) is 5.56 Å². The second-order valence-corrected chi connectivity index (χ2v) is 3.05. The third-order valence-electron chi connectivity index (χ3n) is 1.69. The highest BCUT2D eigenvalue weighted by atomic mass is 32.1. The van der Waals surface area contributed by atoms with Crippen molar-refractivity contribution < 1.29 is 19.4 Å². The van der Waals surface area contributed by atoms with Gasteiger partial charge in [-0.1, -0.05) is 0 Å². The maximum atomic E-state index is 10.8. The lowest BCUT2D eigenvalue weighted by molar-refractivity contribution is 0.0692. The molecule has 0 heterocycles. The highest BCUT2D eigenvalue weighted by Crippen LogP contribution is 2.33. The Morgan fingerprint density at radius 2 is 2.00 bits per heavy atom. The van der Waals surface area contributed by atoms with Crippen molar-refractivity contribution in [3.8, 4) is 11.5 Å². The number of carbonyl (C=O) groups is 1. The van der Waals surface area contributed by atoms with Crippen molar-refractivity contribution in [3.05, 3.63) is 17.7 Å². The first kappa shape index (κ1) is 10.7. The van der Waals surface area contributed by atoms with Gasteiger partial charge in [-0.25, -0.2) is 4.79 Å². The summed E-state index contributed by atoms with van der Waals surface area (Å²) >= 11 is 4.06. The van der Waals surface area contributed by atoms with Gasteiger partial charge < -0.3 is 14.6 Å². The fourth-order valence-electron chi connectivity index (χ4n) is 1.11. The third-order valence-corrected chi connectivity index (χ3v) is 1.95. The summed E-state index contributed by atoms with van der Waals surface area (Å²) in [5, 5.41) is 8.87. The van der Waals surface area contributed by atoms with E-state index in [1.807, 2.05) is 0 Å². The van der Waals surface area contributed by atoms with Crippen LogP contribution in [0.3, 0.4) is 0 Å². The van der Waals surface area contributed by atoms with Gasteiger partial charge in [0.2, 0.25) is 0 Å². The Morgan fingerprint density at radius 1 is 1.36 bits per heavy atom. The highest BCUT2D eigenvalue weighted by Gasteiger charge is 2.16. The predicted molar refractivity (Wildman–Crippen MR) is 53.8 cm³/mol. The lowest BCUT2D eigenvalue weighted by Gasteiger charge is -2.10. The summed E-state index contributed by atoms with van der Waals surface area (Å²) in [4.78, 5) is 11.3. The molecule has 1 aromatic rings. The van der Waals surface area contributed by atoms with Gasteiger partial charge in [0, 0.05) is 4.90 Å². The molecule has 0 unspecified atom stereocenters. The molecule has 0 aliphatic carbocycles. The molecule has 1 aromatic carbocycles. The van der Waals surface area contributed by atoms with Crippen molar-refractivity contribution in [1.29, 1.82) is 0 Å². The van der Waals surface area contributed by atoms with Crippen LogP contribution in [-0.2, 0) is 0 Å². The maximum Gasteiger partial charge on any atom is 0.339 e. The van der Waals surface area contributed by atoms with Crippen molar-refractivity contribution in [2.75, 3.05) is 14.2 Å². The van der Waals surface area contributed by atoms with E-state index in [-0.39, 0.29) is 11.3 Å². The third kappa shape index (κ3) is 1.93. The first-order valence-electron chi connectivity index (χ1n) is 3.78. The van der Waals surface area contributed by atoms with E-state index in [1.54, 1.807) is 6.07 Å². The Hall–Kier alpha value is -1.36. The molecule has 1 N–H and O–H groups in total.